The molecule has 3 N–H and O–H groups in total. The van der Waals surface area contributed by atoms with Crippen molar-refractivity contribution in [3.05, 3.63) is 24.0 Å². The normalized spacial score (nSPS) is 15.3. The number of nitrogens with one attached hydrogen (secondary N) is 1. The standard InChI is InChI=1S/C10H17N3O3S/c1-7(17(3,14)15)9(13-11)10-8(16-2)5-4-6-12-10/h4-7,9,13H,11H2,1-3H3. The molecule has 1 aromatic rings. The van der Waals surface area contributed by atoms with Crippen molar-refractivity contribution in [2.75, 3.05) is 13.4 Å². The number of rotatable bonds is 5. The molecule has 7 heteroatoms. The van der Waals surface area contributed by atoms with Gasteiger partial charge in [0, 0.05) is 12.5 Å². The lowest BCUT2D eigenvalue weighted by molar-refractivity contribution is 0.392. The molecule has 96 valence electrons. The zero-order chi connectivity index (χ0) is 13.1. The second kappa shape index (κ2) is 5.44. The molecule has 0 bridgehead atoms. The van der Waals surface area contributed by atoms with Crippen LogP contribution in [0.15, 0.2) is 18.3 Å². The molecule has 2 atom stereocenters. The average Bonchev–Trinajstić information content (AvgIpc) is 2.29. The van der Waals surface area contributed by atoms with E-state index in [1.54, 1.807) is 25.3 Å². The first kappa shape index (κ1) is 13.9. The Morgan fingerprint density at radius 2 is 2.18 bits per heavy atom. The van der Waals surface area contributed by atoms with E-state index in [0.29, 0.717) is 11.4 Å². The van der Waals surface area contributed by atoms with Crippen molar-refractivity contribution in [3.8, 4) is 5.75 Å². The molecule has 0 spiro atoms. The quantitative estimate of drug-likeness (QED) is 0.572. The molecule has 1 aromatic heterocycles. The van der Waals surface area contributed by atoms with E-state index in [-0.39, 0.29) is 0 Å². The maximum atomic E-state index is 11.5. The number of sulfone groups is 1. The van der Waals surface area contributed by atoms with Gasteiger partial charge in [-0.3, -0.25) is 10.8 Å². The number of nitrogens with zero attached hydrogens (tertiary/aromatic N) is 1. The number of ether oxygens (including phenoxy) is 1. The Bertz CT molecular complexity index is 475. The van der Waals surface area contributed by atoms with Gasteiger partial charge in [-0.1, -0.05) is 0 Å². The lowest BCUT2D eigenvalue weighted by atomic mass is 10.1. The van der Waals surface area contributed by atoms with Crippen molar-refractivity contribution in [1.29, 1.82) is 0 Å². The Hall–Kier alpha value is -1.18. The van der Waals surface area contributed by atoms with Crippen LogP contribution in [0.3, 0.4) is 0 Å². The van der Waals surface area contributed by atoms with Gasteiger partial charge >= 0.3 is 0 Å². The van der Waals surface area contributed by atoms with Crippen LogP contribution in [-0.2, 0) is 9.84 Å². The topological polar surface area (TPSA) is 94.3 Å². The summed E-state index contributed by atoms with van der Waals surface area (Å²) in [4.78, 5) is 4.12. The van der Waals surface area contributed by atoms with E-state index in [0.717, 1.165) is 6.26 Å². The number of methoxy groups -OCH3 is 1. The summed E-state index contributed by atoms with van der Waals surface area (Å²) in [7, 11) is -1.73. The third-order valence-electron chi connectivity index (χ3n) is 2.64. The fourth-order valence-corrected chi connectivity index (χ4v) is 2.19. The molecule has 1 rings (SSSR count). The van der Waals surface area contributed by atoms with Crippen LogP contribution in [0.2, 0.25) is 0 Å². The first-order valence-corrected chi connectivity index (χ1v) is 7.01. The van der Waals surface area contributed by atoms with Crippen molar-refractivity contribution in [2.24, 2.45) is 5.84 Å². The minimum Gasteiger partial charge on any atom is -0.495 e. The summed E-state index contributed by atoms with van der Waals surface area (Å²) >= 11 is 0. The molecule has 0 saturated carbocycles. The van der Waals surface area contributed by atoms with E-state index in [2.05, 4.69) is 10.4 Å². The smallest absolute Gasteiger partial charge is 0.152 e. The van der Waals surface area contributed by atoms with Crippen LogP contribution < -0.4 is 16.0 Å². The molecule has 0 aliphatic carbocycles. The highest BCUT2D eigenvalue weighted by Crippen LogP contribution is 2.26. The van der Waals surface area contributed by atoms with Gasteiger partial charge in [0.25, 0.3) is 0 Å². The SMILES string of the molecule is COc1cccnc1C(NN)C(C)S(C)(=O)=O. The first-order chi connectivity index (χ1) is 7.91. The van der Waals surface area contributed by atoms with Gasteiger partial charge in [0.2, 0.25) is 0 Å². The number of pyridine rings is 1. The zero-order valence-electron chi connectivity index (χ0n) is 10.0. The van der Waals surface area contributed by atoms with Crippen LogP contribution in [0.5, 0.6) is 5.75 Å². The van der Waals surface area contributed by atoms with Crippen molar-refractivity contribution in [2.45, 2.75) is 18.2 Å². The number of aromatic nitrogens is 1. The summed E-state index contributed by atoms with van der Waals surface area (Å²) in [6.07, 6.45) is 2.73. The highest BCUT2D eigenvalue weighted by atomic mass is 32.2. The van der Waals surface area contributed by atoms with E-state index < -0.39 is 21.1 Å². The number of nitrogens with two attached hydrogens (primary N) is 1. The third kappa shape index (κ3) is 3.15. The predicted octanol–water partition coefficient (Wildman–Crippen LogP) is 0.0277. The molecule has 17 heavy (non-hydrogen) atoms. The zero-order valence-corrected chi connectivity index (χ0v) is 10.9. The van der Waals surface area contributed by atoms with Gasteiger partial charge in [-0.2, -0.15) is 0 Å². The van der Waals surface area contributed by atoms with Gasteiger partial charge in [-0.05, 0) is 19.1 Å². The van der Waals surface area contributed by atoms with Gasteiger partial charge in [0.1, 0.15) is 11.4 Å². The van der Waals surface area contributed by atoms with Crippen molar-refractivity contribution >= 4 is 9.84 Å². The summed E-state index contributed by atoms with van der Waals surface area (Å²) in [5, 5.41) is -0.698. The minimum atomic E-state index is -3.23. The second-order valence-corrected chi connectivity index (χ2v) is 6.17. The molecule has 0 aliphatic heterocycles. The van der Waals surface area contributed by atoms with E-state index in [9.17, 15) is 8.42 Å². The second-order valence-electron chi connectivity index (χ2n) is 3.77. The molecule has 0 aliphatic rings. The first-order valence-electron chi connectivity index (χ1n) is 5.05. The molecule has 2 unspecified atom stereocenters. The van der Waals surface area contributed by atoms with Crippen LogP contribution in [0, 0.1) is 0 Å². The molecule has 6 nitrogen and oxygen atoms in total. The Kier molecular flexibility index (Phi) is 4.44. The summed E-state index contributed by atoms with van der Waals surface area (Å²) in [5.74, 6) is 5.92. The Labute approximate surface area is 101 Å². The molecular weight excluding hydrogens is 242 g/mol. The lowest BCUT2D eigenvalue weighted by Crippen LogP contribution is -2.39. The van der Waals surface area contributed by atoms with Gasteiger partial charge in [-0.15, -0.1) is 0 Å². The third-order valence-corrected chi connectivity index (χ3v) is 4.26. The van der Waals surface area contributed by atoms with E-state index in [4.69, 9.17) is 10.6 Å². The molecule has 1 heterocycles. The van der Waals surface area contributed by atoms with Gasteiger partial charge in [-0.25, -0.2) is 13.8 Å². The molecule has 0 saturated heterocycles. The Morgan fingerprint density at radius 3 is 2.65 bits per heavy atom. The number of hydrazine groups is 1. The summed E-state index contributed by atoms with van der Waals surface area (Å²) < 4.78 is 28.2. The molecule has 0 fully saturated rings. The van der Waals surface area contributed by atoms with Gasteiger partial charge < -0.3 is 4.74 Å². The summed E-state index contributed by atoms with van der Waals surface area (Å²) in [5.41, 5.74) is 2.96. The number of hydrogen-bond donors (Lipinski definition) is 2. The molecular formula is C10H17N3O3S. The molecule has 0 aromatic carbocycles. The average molecular weight is 259 g/mol. The van der Waals surface area contributed by atoms with Crippen LogP contribution >= 0.6 is 0 Å². The summed E-state index contributed by atoms with van der Waals surface area (Å²) in [6.45, 7) is 1.58. The van der Waals surface area contributed by atoms with Crippen molar-refractivity contribution in [1.82, 2.24) is 10.4 Å². The summed E-state index contributed by atoms with van der Waals surface area (Å²) in [6, 6.07) is 2.81. The minimum absolute atomic E-state index is 0.482. The predicted molar refractivity (Wildman–Crippen MR) is 65.2 cm³/mol. The van der Waals surface area contributed by atoms with E-state index in [1.165, 1.54) is 7.11 Å². The molecule has 0 amide bonds. The highest BCUT2D eigenvalue weighted by molar-refractivity contribution is 7.91. The highest BCUT2D eigenvalue weighted by Gasteiger charge is 2.29. The lowest BCUT2D eigenvalue weighted by Gasteiger charge is -2.22. The number of hydrogen-bond acceptors (Lipinski definition) is 6. The Morgan fingerprint density at radius 1 is 1.53 bits per heavy atom. The van der Waals surface area contributed by atoms with E-state index in [1.807, 2.05) is 0 Å². The van der Waals surface area contributed by atoms with Crippen molar-refractivity contribution < 1.29 is 13.2 Å². The maximum absolute atomic E-state index is 11.5. The van der Waals surface area contributed by atoms with Crippen LogP contribution in [-0.4, -0.2) is 32.0 Å². The molecule has 0 radical (unpaired) electrons. The van der Waals surface area contributed by atoms with Gasteiger partial charge in [0.05, 0.1) is 18.4 Å². The largest absolute Gasteiger partial charge is 0.495 e. The van der Waals surface area contributed by atoms with Crippen LogP contribution in [0.25, 0.3) is 0 Å². The van der Waals surface area contributed by atoms with Crippen molar-refractivity contribution in [3.63, 3.8) is 0 Å². The van der Waals surface area contributed by atoms with Gasteiger partial charge in [0.15, 0.2) is 9.84 Å². The van der Waals surface area contributed by atoms with Crippen LogP contribution in [0.4, 0.5) is 0 Å². The Balaban J connectivity index is 3.18. The van der Waals surface area contributed by atoms with Crippen LogP contribution in [0.1, 0.15) is 18.7 Å². The fourth-order valence-electron chi connectivity index (χ4n) is 1.49. The maximum Gasteiger partial charge on any atom is 0.152 e. The fraction of sp³-hybridized carbons (Fsp3) is 0.500. The van der Waals surface area contributed by atoms with E-state index >= 15 is 0 Å². The monoisotopic (exact) mass is 259 g/mol.